The highest BCUT2D eigenvalue weighted by Gasteiger charge is 2.02. The Labute approximate surface area is 99.0 Å². The lowest BCUT2D eigenvalue weighted by atomic mass is 10.2. The van der Waals surface area contributed by atoms with Crippen LogP contribution in [-0.2, 0) is 6.54 Å². The molecule has 0 saturated heterocycles. The summed E-state index contributed by atoms with van der Waals surface area (Å²) in [6.45, 7) is 0.486. The summed E-state index contributed by atoms with van der Waals surface area (Å²) in [6.07, 6.45) is 0. The molecule has 0 aromatic heterocycles. The molecule has 0 atom stereocenters. The first-order chi connectivity index (χ1) is 7.79. The van der Waals surface area contributed by atoms with Crippen LogP contribution in [0.4, 0.5) is 4.39 Å². The van der Waals surface area contributed by atoms with Crippen LogP contribution in [0.3, 0.4) is 0 Å². The Bertz CT molecular complexity index is 471. The maximum absolute atomic E-state index is 13.3. The zero-order chi connectivity index (χ0) is 11.4. The maximum atomic E-state index is 13.3. The van der Waals surface area contributed by atoms with E-state index in [4.69, 9.17) is 10.5 Å². The Morgan fingerprint density at radius 2 is 1.65 bits per heavy atom. The Morgan fingerprint density at radius 3 is 2.24 bits per heavy atom. The van der Waals surface area contributed by atoms with E-state index >= 15 is 0 Å². The summed E-state index contributed by atoms with van der Waals surface area (Å²) in [7, 11) is 0. The number of nitrogens with two attached hydrogens (primary N) is 1. The van der Waals surface area contributed by atoms with Crippen molar-refractivity contribution in [3.8, 4) is 11.5 Å². The van der Waals surface area contributed by atoms with E-state index in [-0.39, 0.29) is 17.0 Å². The van der Waals surface area contributed by atoms with Crippen molar-refractivity contribution in [1.29, 1.82) is 0 Å². The maximum Gasteiger partial charge on any atom is 0.165 e. The average Bonchev–Trinajstić information content (AvgIpc) is 2.33. The Balaban J connectivity index is 0.00000144. The number of halogens is 1. The van der Waals surface area contributed by atoms with E-state index in [0.29, 0.717) is 12.3 Å². The minimum atomic E-state index is -0.370. The molecule has 0 spiro atoms. The molecule has 0 unspecified atom stereocenters. The van der Waals surface area contributed by atoms with Crippen LogP contribution in [-0.4, -0.2) is 5.48 Å². The highest BCUT2D eigenvalue weighted by Crippen LogP contribution is 2.23. The van der Waals surface area contributed by atoms with Crippen LogP contribution < -0.4 is 10.5 Å². The first-order valence-electron chi connectivity index (χ1n) is 5.01. The second kappa shape index (κ2) is 5.98. The summed E-state index contributed by atoms with van der Waals surface area (Å²) in [6, 6.07) is 13.6. The number of hydrogen-bond acceptors (Lipinski definition) is 2. The van der Waals surface area contributed by atoms with Crippen molar-refractivity contribution < 1.29 is 14.6 Å². The van der Waals surface area contributed by atoms with Crippen LogP contribution in [0.5, 0.6) is 11.5 Å². The van der Waals surface area contributed by atoms with E-state index < -0.39 is 0 Å². The van der Waals surface area contributed by atoms with Crippen molar-refractivity contribution in [2.24, 2.45) is 5.73 Å². The zero-order valence-electron chi connectivity index (χ0n) is 9.19. The van der Waals surface area contributed by atoms with Crippen LogP contribution in [0.15, 0.2) is 48.5 Å². The summed E-state index contributed by atoms with van der Waals surface area (Å²) in [5.74, 6) is 0.454. The molecule has 0 aliphatic heterocycles. The van der Waals surface area contributed by atoms with Crippen LogP contribution in [0.2, 0.25) is 0 Å². The lowest BCUT2D eigenvalue weighted by Gasteiger charge is -2.06. The van der Waals surface area contributed by atoms with Gasteiger partial charge in [0, 0.05) is 6.54 Å². The fourth-order valence-corrected chi connectivity index (χ4v) is 1.35. The van der Waals surface area contributed by atoms with Gasteiger partial charge in [-0.15, -0.1) is 0 Å². The number of benzene rings is 2. The second-order valence-corrected chi connectivity index (χ2v) is 3.38. The third-order valence-corrected chi connectivity index (χ3v) is 2.22. The predicted molar refractivity (Wildman–Crippen MR) is 64.4 cm³/mol. The molecule has 0 heterocycles. The molecule has 0 radical (unpaired) electrons. The first kappa shape index (κ1) is 13.2. The molecule has 2 rings (SSSR count). The topological polar surface area (TPSA) is 66.8 Å². The third-order valence-electron chi connectivity index (χ3n) is 2.22. The quantitative estimate of drug-likeness (QED) is 0.886. The molecule has 17 heavy (non-hydrogen) atoms. The number of rotatable bonds is 3. The molecule has 0 fully saturated rings. The number of para-hydroxylation sites is 1. The highest BCUT2D eigenvalue weighted by atomic mass is 19.1. The minimum absolute atomic E-state index is 0. The monoisotopic (exact) mass is 235 g/mol. The molecule has 0 amide bonds. The summed E-state index contributed by atoms with van der Waals surface area (Å²) in [5.41, 5.74) is 6.49. The number of ether oxygens (including phenoxy) is 1. The van der Waals surface area contributed by atoms with Gasteiger partial charge in [-0.2, -0.15) is 0 Å². The van der Waals surface area contributed by atoms with Gasteiger partial charge in [0.25, 0.3) is 0 Å². The van der Waals surface area contributed by atoms with Gasteiger partial charge in [-0.3, -0.25) is 0 Å². The molecule has 90 valence electrons. The third kappa shape index (κ3) is 3.27. The Kier molecular flexibility index (Phi) is 4.63. The van der Waals surface area contributed by atoms with E-state index in [1.807, 2.05) is 12.1 Å². The summed E-state index contributed by atoms with van der Waals surface area (Å²) >= 11 is 0. The summed E-state index contributed by atoms with van der Waals surface area (Å²) in [5, 5.41) is 0. The van der Waals surface area contributed by atoms with Crippen LogP contribution in [0, 0.1) is 5.82 Å². The van der Waals surface area contributed by atoms with Crippen LogP contribution in [0.25, 0.3) is 0 Å². The second-order valence-electron chi connectivity index (χ2n) is 3.38. The first-order valence-corrected chi connectivity index (χ1v) is 5.01. The van der Waals surface area contributed by atoms with Gasteiger partial charge in [0.15, 0.2) is 11.6 Å². The van der Waals surface area contributed by atoms with Crippen molar-refractivity contribution in [3.63, 3.8) is 0 Å². The number of hydrogen-bond donors (Lipinski definition) is 1. The van der Waals surface area contributed by atoms with Gasteiger partial charge < -0.3 is 15.9 Å². The van der Waals surface area contributed by atoms with E-state index in [1.54, 1.807) is 30.3 Å². The average molecular weight is 235 g/mol. The predicted octanol–water partition coefficient (Wildman–Crippen LogP) is 2.25. The van der Waals surface area contributed by atoms with Gasteiger partial charge in [-0.25, -0.2) is 4.39 Å². The zero-order valence-corrected chi connectivity index (χ0v) is 9.19. The lowest BCUT2D eigenvalue weighted by molar-refractivity contribution is 0.442. The fraction of sp³-hybridized carbons (Fsp3) is 0.0769. The largest absolute Gasteiger partial charge is 0.454 e. The van der Waals surface area contributed by atoms with Crippen molar-refractivity contribution in [2.45, 2.75) is 6.54 Å². The van der Waals surface area contributed by atoms with E-state index in [9.17, 15) is 4.39 Å². The van der Waals surface area contributed by atoms with Crippen LogP contribution in [0.1, 0.15) is 5.56 Å². The normalized spacial score (nSPS) is 9.53. The standard InChI is InChI=1S/C13H12FNO.H2O/c14-12-3-1-2-4-13(12)16-11-7-5-10(9-15)6-8-11;/h1-8H,9,15H2;1H2. The van der Waals surface area contributed by atoms with Crippen LogP contribution >= 0.6 is 0 Å². The molecule has 4 heteroatoms. The Hall–Kier alpha value is -1.91. The van der Waals surface area contributed by atoms with Crippen molar-refractivity contribution in [1.82, 2.24) is 0 Å². The molecular weight excluding hydrogens is 221 g/mol. The highest BCUT2D eigenvalue weighted by molar-refractivity contribution is 5.33. The molecule has 0 bridgehead atoms. The van der Waals surface area contributed by atoms with E-state index in [1.165, 1.54) is 6.07 Å². The van der Waals surface area contributed by atoms with Gasteiger partial charge in [-0.05, 0) is 29.8 Å². The van der Waals surface area contributed by atoms with Gasteiger partial charge in [0.05, 0.1) is 0 Å². The molecular formula is C13H14FNO2. The molecule has 0 aliphatic rings. The van der Waals surface area contributed by atoms with Gasteiger partial charge in [0.2, 0.25) is 0 Å². The van der Waals surface area contributed by atoms with Crippen molar-refractivity contribution >= 4 is 0 Å². The molecule has 2 aromatic rings. The molecule has 2 aromatic carbocycles. The molecule has 4 N–H and O–H groups in total. The summed E-state index contributed by atoms with van der Waals surface area (Å²) < 4.78 is 18.7. The van der Waals surface area contributed by atoms with Gasteiger partial charge in [0.1, 0.15) is 5.75 Å². The van der Waals surface area contributed by atoms with Crippen molar-refractivity contribution in [2.75, 3.05) is 0 Å². The van der Waals surface area contributed by atoms with Crippen molar-refractivity contribution in [3.05, 3.63) is 59.9 Å². The Morgan fingerprint density at radius 1 is 1.00 bits per heavy atom. The van der Waals surface area contributed by atoms with Gasteiger partial charge in [-0.1, -0.05) is 24.3 Å². The lowest BCUT2D eigenvalue weighted by Crippen LogP contribution is -1.95. The smallest absolute Gasteiger partial charge is 0.165 e. The van der Waals surface area contributed by atoms with E-state index in [2.05, 4.69) is 0 Å². The molecule has 0 saturated carbocycles. The van der Waals surface area contributed by atoms with E-state index in [0.717, 1.165) is 5.56 Å². The SMILES string of the molecule is NCc1ccc(Oc2ccccc2F)cc1.O. The fourth-order valence-electron chi connectivity index (χ4n) is 1.35. The van der Waals surface area contributed by atoms with Gasteiger partial charge >= 0.3 is 0 Å². The molecule has 0 aliphatic carbocycles. The minimum Gasteiger partial charge on any atom is -0.454 e. The summed E-state index contributed by atoms with van der Waals surface area (Å²) in [4.78, 5) is 0. The molecule has 3 nitrogen and oxygen atoms in total.